The molecular weight excluding hydrogens is 316 g/mol. The SMILES string of the molecule is Brc1ccc(CCNCc2ncn(C3CCC3)n2)cc1. The largest absolute Gasteiger partial charge is 0.309 e. The van der Waals surface area contributed by atoms with Crippen molar-refractivity contribution in [1.29, 1.82) is 0 Å². The Hall–Kier alpha value is -1.20. The average Bonchev–Trinajstić information content (AvgIpc) is 2.83. The minimum atomic E-state index is 0.596. The minimum absolute atomic E-state index is 0.596. The van der Waals surface area contributed by atoms with Crippen LogP contribution in [0.3, 0.4) is 0 Å². The first-order valence-corrected chi connectivity index (χ1v) is 7.96. The Morgan fingerprint density at radius 3 is 2.75 bits per heavy atom. The first-order valence-electron chi connectivity index (χ1n) is 7.16. The molecule has 106 valence electrons. The van der Waals surface area contributed by atoms with E-state index in [1.165, 1.54) is 24.8 Å². The van der Waals surface area contributed by atoms with Crippen LogP contribution in [0.15, 0.2) is 35.1 Å². The fourth-order valence-corrected chi connectivity index (χ4v) is 2.57. The molecule has 1 aromatic heterocycles. The molecule has 1 fully saturated rings. The zero-order chi connectivity index (χ0) is 13.8. The Morgan fingerprint density at radius 1 is 1.25 bits per heavy atom. The maximum Gasteiger partial charge on any atom is 0.164 e. The maximum absolute atomic E-state index is 4.53. The Bertz CT molecular complexity index is 545. The quantitative estimate of drug-likeness (QED) is 0.825. The van der Waals surface area contributed by atoms with E-state index in [0.717, 1.165) is 29.8 Å². The number of nitrogens with zero attached hydrogens (tertiary/aromatic N) is 3. The predicted octanol–water partition coefficient (Wildman–Crippen LogP) is 3.10. The molecule has 0 spiro atoms. The van der Waals surface area contributed by atoms with Crippen molar-refractivity contribution >= 4 is 15.9 Å². The molecule has 4 nitrogen and oxygen atoms in total. The number of aromatic nitrogens is 3. The molecular formula is C15H19BrN4. The van der Waals surface area contributed by atoms with Crippen LogP contribution in [0, 0.1) is 0 Å². The molecule has 3 rings (SSSR count). The van der Waals surface area contributed by atoms with Gasteiger partial charge in [0, 0.05) is 4.47 Å². The van der Waals surface area contributed by atoms with Crippen molar-refractivity contribution in [2.75, 3.05) is 6.54 Å². The Labute approximate surface area is 127 Å². The number of nitrogens with one attached hydrogen (secondary N) is 1. The van der Waals surface area contributed by atoms with Crippen LogP contribution in [0.2, 0.25) is 0 Å². The van der Waals surface area contributed by atoms with Crippen LogP contribution in [-0.4, -0.2) is 21.3 Å². The summed E-state index contributed by atoms with van der Waals surface area (Å²) in [6.07, 6.45) is 6.72. The van der Waals surface area contributed by atoms with Gasteiger partial charge in [-0.05, 0) is 49.9 Å². The smallest absolute Gasteiger partial charge is 0.164 e. The highest BCUT2D eigenvalue weighted by Gasteiger charge is 2.20. The topological polar surface area (TPSA) is 42.7 Å². The van der Waals surface area contributed by atoms with Crippen LogP contribution in [0.4, 0.5) is 0 Å². The lowest BCUT2D eigenvalue weighted by Gasteiger charge is -2.24. The van der Waals surface area contributed by atoms with Crippen LogP contribution < -0.4 is 5.32 Å². The lowest BCUT2D eigenvalue weighted by Crippen LogP contribution is -2.19. The van der Waals surface area contributed by atoms with Crippen molar-refractivity contribution in [1.82, 2.24) is 20.1 Å². The molecule has 1 aliphatic rings. The van der Waals surface area contributed by atoms with E-state index in [1.54, 1.807) is 0 Å². The predicted molar refractivity (Wildman–Crippen MR) is 82.5 cm³/mol. The molecule has 20 heavy (non-hydrogen) atoms. The highest BCUT2D eigenvalue weighted by Crippen LogP contribution is 2.30. The van der Waals surface area contributed by atoms with Crippen LogP contribution >= 0.6 is 15.9 Å². The van der Waals surface area contributed by atoms with E-state index in [9.17, 15) is 0 Å². The number of rotatable bonds is 6. The van der Waals surface area contributed by atoms with Gasteiger partial charge in [-0.25, -0.2) is 9.67 Å². The molecule has 1 saturated carbocycles. The van der Waals surface area contributed by atoms with Crippen LogP contribution in [0.1, 0.15) is 36.7 Å². The minimum Gasteiger partial charge on any atom is -0.309 e. The molecule has 0 unspecified atom stereocenters. The fourth-order valence-electron chi connectivity index (χ4n) is 2.30. The van der Waals surface area contributed by atoms with Gasteiger partial charge in [-0.15, -0.1) is 0 Å². The van der Waals surface area contributed by atoms with E-state index in [1.807, 2.05) is 11.0 Å². The van der Waals surface area contributed by atoms with E-state index < -0.39 is 0 Å². The molecule has 1 heterocycles. The van der Waals surface area contributed by atoms with Gasteiger partial charge in [0.25, 0.3) is 0 Å². The van der Waals surface area contributed by atoms with Gasteiger partial charge in [-0.1, -0.05) is 28.1 Å². The van der Waals surface area contributed by atoms with Crippen LogP contribution in [0.25, 0.3) is 0 Å². The van der Waals surface area contributed by atoms with E-state index in [0.29, 0.717) is 6.04 Å². The van der Waals surface area contributed by atoms with Gasteiger partial charge in [-0.2, -0.15) is 5.10 Å². The number of halogens is 1. The zero-order valence-electron chi connectivity index (χ0n) is 11.4. The van der Waals surface area contributed by atoms with Gasteiger partial charge >= 0.3 is 0 Å². The third-order valence-electron chi connectivity index (χ3n) is 3.79. The van der Waals surface area contributed by atoms with Gasteiger partial charge in [0.2, 0.25) is 0 Å². The molecule has 2 aromatic rings. The molecule has 1 N–H and O–H groups in total. The van der Waals surface area contributed by atoms with Gasteiger partial charge in [0.05, 0.1) is 12.6 Å². The summed E-state index contributed by atoms with van der Waals surface area (Å²) in [4.78, 5) is 4.36. The maximum atomic E-state index is 4.53. The summed E-state index contributed by atoms with van der Waals surface area (Å²) in [6.45, 7) is 1.69. The third-order valence-corrected chi connectivity index (χ3v) is 4.32. The Morgan fingerprint density at radius 2 is 2.05 bits per heavy atom. The number of hydrogen-bond donors (Lipinski definition) is 1. The second-order valence-electron chi connectivity index (χ2n) is 5.28. The van der Waals surface area contributed by atoms with Gasteiger partial charge in [0.15, 0.2) is 5.82 Å². The monoisotopic (exact) mass is 334 g/mol. The van der Waals surface area contributed by atoms with Crippen molar-refractivity contribution < 1.29 is 0 Å². The first-order chi connectivity index (χ1) is 9.81. The summed E-state index contributed by atoms with van der Waals surface area (Å²) < 4.78 is 3.15. The standard InChI is InChI=1S/C15H19BrN4/c16-13-6-4-12(5-7-13)8-9-17-10-15-18-11-20(19-15)14-2-1-3-14/h4-7,11,14,17H,1-3,8-10H2. The molecule has 0 atom stereocenters. The fraction of sp³-hybridized carbons (Fsp3) is 0.467. The molecule has 5 heteroatoms. The summed E-state index contributed by atoms with van der Waals surface area (Å²) in [5.41, 5.74) is 1.34. The van der Waals surface area contributed by atoms with Crippen LogP contribution in [0.5, 0.6) is 0 Å². The van der Waals surface area contributed by atoms with Crippen molar-refractivity contribution in [3.63, 3.8) is 0 Å². The highest BCUT2D eigenvalue weighted by atomic mass is 79.9. The van der Waals surface area contributed by atoms with E-state index in [-0.39, 0.29) is 0 Å². The molecule has 1 aliphatic carbocycles. The van der Waals surface area contributed by atoms with Gasteiger partial charge in [0.1, 0.15) is 6.33 Å². The van der Waals surface area contributed by atoms with E-state index in [2.05, 4.69) is 55.6 Å². The highest BCUT2D eigenvalue weighted by molar-refractivity contribution is 9.10. The molecule has 0 amide bonds. The lowest BCUT2D eigenvalue weighted by atomic mass is 9.94. The molecule has 0 bridgehead atoms. The molecule has 1 aromatic carbocycles. The Balaban J connectivity index is 1.41. The molecule has 0 saturated heterocycles. The van der Waals surface area contributed by atoms with Crippen molar-refractivity contribution in [2.24, 2.45) is 0 Å². The first kappa shape index (κ1) is 13.8. The summed E-state index contributed by atoms with van der Waals surface area (Å²) in [5.74, 6) is 0.896. The van der Waals surface area contributed by atoms with E-state index >= 15 is 0 Å². The average molecular weight is 335 g/mol. The summed E-state index contributed by atoms with van der Waals surface area (Å²) in [7, 11) is 0. The van der Waals surface area contributed by atoms with Crippen molar-refractivity contribution in [3.8, 4) is 0 Å². The summed E-state index contributed by atoms with van der Waals surface area (Å²) in [6, 6.07) is 9.05. The second-order valence-corrected chi connectivity index (χ2v) is 6.19. The number of hydrogen-bond acceptors (Lipinski definition) is 3. The van der Waals surface area contributed by atoms with Crippen molar-refractivity contribution in [2.45, 2.75) is 38.3 Å². The van der Waals surface area contributed by atoms with Gasteiger partial charge < -0.3 is 5.32 Å². The second kappa shape index (κ2) is 6.50. The van der Waals surface area contributed by atoms with E-state index in [4.69, 9.17) is 0 Å². The zero-order valence-corrected chi connectivity index (χ0v) is 13.0. The number of benzene rings is 1. The Kier molecular flexibility index (Phi) is 4.47. The summed E-state index contributed by atoms with van der Waals surface area (Å²) >= 11 is 3.45. The summed E-state index contributed by atoms with van der Waals surface area (Å²) in [5, 5.41) is 7.93. The normalized spacial score (nSPS) is 15.2. The van der Waals surface area contributed by atoms with Crippen LogP contribution in [-0.2, 0) is 13.0 Å². The third kappa shape index (κ3) is 3.46. The molecule has 0 aliphatic heterocycles. The molecule has 0 radical (unpaired) electrons. The lowest BCUT2D eigenvalue weighted by molar-refractivity contribution is 0.287. The van der Waals surface area contributed by atoms with Gasteiger partial charge in [-0.3, -0.25) is 0 Å². The van der Waals surface area contributed by atoms with Crippen molar-refractivity contribution in [3.05, 3.63) is 46.5 Å².